The van der Waals surface area contributed by atoms with E-state index in [1.807, 2.05) is 54.6 Å². The summed E-state index contributed by atoms with van der Waals surface area (Å²) in [4.78, 5) is 11.7. The Morgan fingerprint density at radius 3 is 2.23 bits per heavy atom. The number of hydrogen-bond donors (Lipinski definition) is 2. The summed E-state index contributed by atoms with van der Waals surface area (Å²) in [7, 11) is 0. The number of carbonyl (C=O) groups is 1. The van der Waals surface area contributed by atoms with Crippen molar-refractivity contribution in [2.45, 2.75) is 26.2 Å². The lowest BCUT2D eigenvalue weighted by Gasteiger charge is -2.19. The Bertz CT molecular complexity index is 601. The number of nitrogens with one attached hydrogen (secondary N) is 2. The minimum Gasteiger partial charge on any atom is -0.484 e. The lowest BCUT2D eigenvalue weighted by atomic mass is 9.87. The predicted molar refractivity (Wildman–Crippen MR) is 88.8 cm³/mol. The van der Waals surface area contributed by atoms with Crippen molar-refractivity contribution >= 4 is 11.6 Å². The molecule has 0 saturated carbocycles. The molecule has 1 amide bonds. The molecule has 2 N–H and O–H groups in total. The Hall–Kier alpha value is -2.49. The SMILES string of the molecule is CC(C)(C)c1ccc(OCC(=O)NNc2ccccc2)cc1. The summed E-state index contributed by atoms with van der Waals surface area (Å²) in [6, 6.07) is 17.3. The van der Waals surface area contributed by atoms with E-state index in [0.29, 0.717) is 5.75 Å². The van der Waals surface area contributed by atoms with Crippen LogP contribution in [0, 0.1) is 0 Å². The molecule has 116 valence electrons. The fourth-order valence-electron chi connectivity index (χ4n) is 1.90. The van der Waals surface area contributed by atoms with Crippen molar-refractivity contribution in [3.8, 4) is 5.75 Å². The number of hydrazine groups is 1. The van der Waals surface area contributed by atoms with Crippen molar-refractivity contribution in [2.24, 2.45) is 0 Å². The van der Waals surface area contributed by atoms with Crippen molar-refractivity contribution in [1.29, 1.82) is 0 Å². The smallest absolute Gasteiger partial charge is 0.276 e. The van der Waals surface area contributed by atoms with E-state index in [4.69, 9.17) is 4.74 Å². The zero-order valence-corrected chi connectivity index (χ0v) is 13.2. The van der Waals surface area contributed by atoms with Crippen LogP contribution in [0.5, 0.6) is 5.75 Å². The van der Waals surface area contributed by atoms with Crippen LogP contribution in [-0.4, -0.2) is 12.5 Å². The topological polar surface area (TPSA) is 50.4 Å². The van der Waals surface area contributed by atoms with Gasteiger partial charge in [-0.05, 0) is 35.2 Å². The monoisotopic (exact) mass is 298 g/mol. The lowest BCUT2D eigenvalue weighted by molar-refractivity contribution is -0.122. The summed E-state index contributed by atoms with van der Waals surface area (Å²) in [6.45, 7) is 6.44. The van der Waals surface area contributed by atoms with Crippen molar-refractivity contribution in [2.75, 3.05) is 12.0 Å². The molecule has 0 spiro atoms. The highest BCUT2D eigenvalue weighted by atomic mass is 16.5. The number of amides is 1. The second-order valence-electron chi connectivity index (χ2n) is 6.10. The third-order valence-corrected chi connectivity index (χ3v) is 3.21. The van der Waals surface area contributed by atoms with Gasteiger partial charge in [-0.2, -0.15) is 0 Å². The zero-order valence-electron chi connectivity index (χ0n) is 13.2. The van der Waals surface area contributed by atoms with E-state index in [1.54, 1.807) is 0 Å². The summed E-state index contributed by atoms with van der Waals surface area (Å²) in [5.41, 5.74) is 7.58. The molecule has 0 fully saturated rings. The largest absolute Gasteiger partial charge is 0.484 e. The Morgan fingerprint density at radius 2 is 1.64 bits per heavy atom. The second kappa shape index (κ2) is 6.98. The average Bonchev–Trinajstić information content (AvgIpc) is 2.51. The fraction of sp³-hybridized carbons (Fsp3) is 0.278. The summed E-state index contributed by atoms with van der Waals surface area (Å²) in [5.74, 6) is 0.451. The number of hydrogen-bond acceptors (Lipinski definition) is 3. The van der Waals surface area contributed by atoms with Gasteiger partial charge in [-0.15, -0.1) is 0 Å². The molecule has 0 aliphatic heterocycles. The van der Waals surface area contributed by atoms with E-state index in [2.05, 4.69) is 31.6 Å². The molecule has 2 rings (SSSR count). The van der Waals surface area contributed by atoms with E-state index in [1.165, 1.54) is 5.56 Å². The number of carbonyl (C=O) groups excluding carboxylic acids is 1. The van der Waals surface area contributed by atoms with Gasteiger partial charge in [0.15, 0.2) is 6.61 Å². The van der Waals surface area contributed by atoms with E-state index in [-0.39, 0.29) is 17.9 Å². The minimum atomic E-state index is -0.233. The molecule has 0 atom stereocenters. The molecule has 2 aromatic carbocycles. The van der Waals surface area contributed by atoms with Crippen LogP contribution in [0.4, 0.5) is 5.69 Å². The molecule has 0 bridgehead atoms. The van der Waals surface area contributed by atoms with Gasteiger partial charge in [-0.3, -0.25) is 15.6 Å². The number of benzene rings is 2. The molecule has 0 heterocycles. The van der Waals surface area contributed by atoms with Crippen LogP contribution < -0.4 is 15.6 Å². The highest BCUT2D eigenvalue weighted by Gasteiger charge is 2.13. The van der Waals surface area contributed by atoms with Gasteiger partial charge in [-0.25, -0.2) is 0 Å². The van der Waals surface area contributed by atoms with Crippen LogP contribution in [0.1, 0.15) is 26.3 Å². The molecule has 0 radical (unpaired) electrons. The van der Waals surface area contributed by atoms with Crippen molar-refractivity contribution in [1.82, 2.24) is 5.43 Å². The standard InChI is InChI=1S/C18H22N2O2/c1-18(2,3)14-9-11-16(12-10-14)22-13-17(21)20-19-15-7-5-4-6-8-15/h4-12,19H,13H2,1-3H3,(H,20,21). The minimum absolute atomic E-state index is 0.0330. The van der Waals surface area contributed by atoms with Gasteiger partial charge < -0.3 is 4.74 Å². The summed E-state index contributed by atoms with van der Waals surface area (Å²) in [6.07, 6.45) is 0. The van der Waals surface area contributed by atoms with Crippen LogP contribution in [0.15, 0.2) is 54.6 Å². The van der Waals surface area contributed by atoms with Gasteiger partial charge in [0.1, 0.15) is 5.75 Å². The molecule has 0 aliphatic rings. The fourth-order valence-corrected chi connectivity index (χ4v) is 1.90. The Labute approximate surface area is 131 Å². The maximum atomic E-state index is 11.7. The number of ether oxygens (including phenoxy) is 1. The molecule has 0 aliphatic carbocycles. The highest BCUT2D eigenvalue weighted by molar-refractivity contribution is 5.78. The third-order valence-electron chi connectivity index (χ3n) is 3.21. The number of para-hydroxylation sites is 1. The highest BCUT2D eigenvalue weighted by Crippen LogP contribution is 2.24. The molecular weight excluding hydrogens is 276 g/mol. The zero-order chi connectivity index (χ0) is 16.0. The van der Waals surface area contributed by atoms with Gasteiger partial charge >= 0.3 is 0 Å². The maximum Gasteiger partial charge on any atom is 0.276 e. The molecule has 22 heavy (non-hydrogen) atoms. The van der Waals surface area contributed by atoms with Crippen LogP contribution in [0.3, 0.4) is 0 Å². The third kappa shape index (κ3) is 4.81. The van der Waals surface area contributed by atoms with Gasteiger partial charge in [0.25, 0.3) is 5.91 Å². The van der Waals surface area contributed by atoms with Gasteiger partial charge in [0, 0.05) is 0 Å². The first-order chi connectivity index (χ1) is 10.4. The van der Waals surface area contributed by atoms with Gasteiger partial charge in [0.2, 0.25) is 0 Å². The molecule has 0 saturated heterocycles. The average molecular weight is 298 g/mol. The van der Waals surface area contributed by atoms with Gasteiger partial charge in [-0.1, -0.05) is 51.1 Å². The van der Waals surface area contributed by atoms with Crippen molar-refractivity contribution in [3.05, 3.63) is 60.2 Å². The first kappa shape index (κ1) is 15.9. The normalized spacial score (nSPS) is 10.9. The van der Waals surface area contributed by atoms with Crippen LogP contribution >= 0.6 is 0 Å². The molecule has 2 aromatic rings. The quantitative estimate of drug-likeness (QED) is 0.831. The lowest BCUT2D eigenvalue weighted by Crippen LogP contribution is -2.33. The summed E-state index contributed by atoms with van der Waals surface area (Å²) in [5, 5.41) is 0. The van der Waals surface area contributed by atoms with E-state index in [0.717, 1.165) is 5.69 Å². The maximum absolute atomic E-state index is 11.7. The van der Waals surface area contributed by atoms with Gasteiger partial charge in [0.05, 0.1) is 5.69 Å². The van der Waals surface area contributed by atoms with Crippen LogP contribution in [0.2, 0.25) is 0 Å². The predicted octanol–water partition coefficient (Wildman–Crippen LogP) is 3.51. The molecule has 0 aromatic heterocycles. The first-order valence-electron chi connectivity index (χ1n) is 7.28. The number of anilines is 1. The Balaban J connectivity index is 1.79. The molecular formula is C18H22N2O2. The second-order valence-corrected chi connectivity index (χ2v) is 6.10. The molecule has 0 unspecified atom stereocenters. The summed E-state index contributed by atoms with van der Waals surface area (Å²) < 4.78 is 5.47. The number of rotatable bonds is 5. The van der Waals surface area contributed by atoms with Crippen LogP contribution in [-0.2, 0) is 10.2 Å². The Kier molecular flexibility index (Phi) is 5.04. The molecule has 4 nitrogen and oxygen atoms in total. The van der Waals surface area contributed by atoms with Crippen molar-refractivity contribution in [3.63, 3.8) is 0 Å². The Morgan fingerprint density at radius 1 is 1.00 bits per heavy atom. The van der Waals surface area contributed by atoms with E-state index >= 15 is 0 Å². The van der Waals surface area contributed by atoms with E-state index in [9.17, 15) is 4.79 Å². The summed E-state index contributed by atoms with van der Waals surface area (Å²) >= 11 is 0. The van der Waals surface area contributed by atoms with E-state index < -0.39 is 0 Å². The van der Waals surface area contributed by atoms with Crippen molar-refractivity contribution < 1.29 is 9.53 Å². The molecule has 4 heteroatoms. The first-order valence-corrected chi connectivity index (χ1v) is 7.28. The van der Waals surface area contributed by atoms with Crippen LogP contribution in [0.25, 0.3) is 0 Å².